The Morgan fingerprint density at radius 1 is 0.460 bits per heavy atom. The maximum absolute atomic E-state index is 5.53. The minimum atomic E-state index is -1.52. The molecular formula is C74H100Cl4KNP3Ru2Si2+2. The minimum absolute atomic E-state index is 0. The van der Waals surface area contributed by atoms with Gasteiger partial charge in [0.15, 0.2) is 0 Å². The molecule has 0 bridgehead atoms. The van der Waals surface area contributed by atoms with Crippen molar-refractivity contribution in [2.24, 2.45) is 0 Å². The average molecular weight is 1540 g/mol. The van der Waals surface area contributed by atoms with Crippen LogP contribution in [0.25, 0.3) is 0 Å². The number of benzene rings is 9. The Labute approximate surface area is 612 Å². The summed E-state index contributed by atoms with van der Waals surface area (Å²) < 4.78 is 4.53. The standard InChI is InChI=1S/3C18H15P.C6H20NSi2.C5H7Cl.C5H8.2CH4.2CH3.3ClH.K.2Ru.H2.2H/c3*1-4-10-16(11-5-1)19(17-12-6-2-7-13-17)18-14-8-3-9-15-18;1-8(2,3)7-9(4,5)6;1-4-5(2,3)6;1-4-5(2)3;;;;;;;;;;;;;/h3*1-15H;7H2,1-6H3;1H,2-3H3;1,4H,2-3H3;2*1H4;2*1H3;3*1H;;;;1H;;/q;;;+1;;;;;2*-1;;;;2*+1;+2;;;/p-1. The van der Waals surface area contributed by atoms with Crippen molar-refractivity contribution in [3.63, 3.8) is 0 Å². The largest absolute Gasteiger partial charge is 1.00 e. The summed E-state index contributed by atoms with van der Waals surface area (Å²) in [7, 11) is 11.8. The first-order valence-electron chi connectivity index (χ1n) is 26.9. The van der Waals surface area contributed by atoms with Crippen LogP contribution in [0.5, 0.6) is 0 Å². The molecule has 0 unspecified atom stereocenters. The molecule has 0 atom stereocenters. The molecule has 13 heteroatoms. The number of hydrogen-bond acceptors (Lipinski definition) is 0. The van der Waals surface area contributed by atoms with Crippen molar-refractivity contribution in [1.29, 1.82) is 0 Å². The fraction of sp³-hybridized carbons (Fsp3) is 0.176. The van der Waals surface area contributed by atoms with Crippen LogP contribution in [-0.2, 0) is 30.8 Å². The zero-order chi connectivity index (χ0) is 60.2. The SMILES string of the molecule is C.C.C#CC(C)(C)Cl.CC(C)=C[CH]=[Ru]([Cl])[Cl].C[Si](C)(C)[NH2+][Si](C)(C)C.[CH3-].[CH3-].[Cl][RuH2].[HH].[K+].c1ccc(P(c2ccccc2)c2ccccc2)cc1.c1ccc([PH+](c2ccccc2)c2ccccc2)cc1.c1ccc([PH+](c2ccccc2)c2ccccc2)cc1. The predicted octanol–water partition coefficient (Wildman–Crippen LogP) is 14.9. The van der Waals surface area contributed by atoms with E-state index >= 15 is 0 Å². The summed E-state index contributed by atoms with van der Waals surface area (Å²) >= 11 is 5.38. The summed E-state index contributed by atoms with van der Waals surface area (Å²) in [5.41, 5.74) is 1.24. The molecular weight excluding hydrogens is 1430 g/mol. The summed E-state index contributed by atoms with van der Waals surface area (Å²) in [4.78, 5) is -0.458. The fourth-order valence-corrected chi connectivity index (χ4v) is 27.4. The van der Waals surface area contributed by atoms with Crippen LogP contribution in [0.15, 0.2) is 285 Å². The predicted molar refractivity (Wildman–Crippen MR) is 410 cm³/mol. The molecule has 0 spiro atoms. The zero-order valence-corrected chi connectivity index (χ0v) is 66.8. The smallest absolute Gasteiger partial charge is 0.0622 e. The van der Waals surface area contributed by atoms with Gasteiger partial charge in [0.2, 0.25) is 0 Å². The van der Waals surface area contributed by atoms with E-state index in [1.54, 1.807) is 13.8 Å². The van der Waals surface area contributed by atoms with E-state index in [4.69, 9.17) is 37.4 Å². The molecule has 9 aromatic carbocycles. The number of rotatable bonds is 12. The van der Waals surface area contributed by atoms with Gasteiger partial charge in [-0.15, -0.1) is 18.0 Å². The second kappa shape index (κ2) is 50.4. The molecule has 0 aliphatic carbocycles. The Kier molecular flexibility index (Phi) is 51.6. The van der Waals surface area contributed by atoms with Gasteiger partial charge in [0.05, 0.1) is 20.7 Å². The van der Waals surface area contributed by atoms with Crippen LogP contribution in [-0.4, -0.2) is 26.0 Å². The van der Waals surface area contributed by atoms with Gasteiger partial charge in [-0.05, 0) is 150 Å². The van der Waals surface area contributed by atoms with Crippen LogP contribution in [0.2, 0.25) is 39.3 Å². The Morgan fingerprint density at radius 3 is 0.747 bits per heavy atom. The molecule has 0 heterocycles. The van der Waals surface area contributed by atoms with Crippen LogP contribution in [0, 0.1) is 27.2 Å². The van der Waals surface area contributed by atoms with Crippen molar-refractivity contribution in [3.8, 4) is 12.3 Å². The van der Waals surface area contributed by atoms with Gasteiger partial charge in [0, 0.05) is 1.43 Å². The second-order valence-corrected chi connectivity index (χ2v) is 45.9. The van der Waals surface area contributed by atoms with Gasteiger partial charge < -0.3 is 19.5 Å². The average Bonchev–Trinajstić information content (AvgIpc) is 3.46. The van der Waals surface area contributed by atoms with Crippen molar-refractivity contribution in [3.05, 3.63) is 299 Å². The molecule has 0 aliphatic heterocycles. The van der Waals surface area contributed by atoms with Gasteiger partial charge in [-0.3, -0.25) is 0 Å². The summed E-state index contributed by atoms with van der Waals surface area (Å²) in [6.45, 7) is 22.0. The molecule has 0 fully saturated rings. The molecule has 0 saturated carbocycles. The number of allylic oxidation sites excluding steroid dienone is 2. The van der Waals surface area contributed by atoms with Crippen molar-refractivity contribution in [1.82, 2.24) is 0 Å². The zero-order valence-electron chi connectivity index (χ0n) is 52.0. The summed E-state index contributed by atoms with van der Waals surface area (Å²) in [5.74, 6) is 2.37. The number of terminal acetylenes is 1. The molecule has 467 valence electrons. The Morgan fingerprint density at radius 2 is 0.632 bits per heavy atom. The minimum Gasteiger partial charge on any atom is -0.0622 e. The molecule has 87 heavy (non-hydrogen) atoms. The second-order valence-electron chi connectivity index (χ2n) is 21.3. The molecule has 0 saturated heterocycles. The van der Waals surface area contributed by atoms with Crippen molar-refractivity contribution >= 4 is 133 Å². The number of hydrogen-bond donors (Lipinski definition) is 1. The Balaban J connectivity index is -0.000000493. The summed E-state index contributed by atoms with van der Waals surface area (Å²) in [6.07, 6.45) is 6.88. The van der Waals surface area contributed by atoms with Gasteiger partial charge in [-0.25, -0.2) is 0 Å². The van der Waals surface area contributed by atoms with Gasteiger partial charge in [0.25, 0.3) is 16.5 Å². The van der Waals surface area contributed by atoms with Gasteiger partial charge in [-0.1, -0.05) is 221 Å². The molecule has 0 amide bonds. The summed E-state index contributed by atoms with van der Waals surface area (Å²) in [5, 5.41) is 12.8. The van der Waals surface area contributed by atoms with Crippen LogP contribution < -0.4 is 104 Å². The maximum atomic E-state index is 5.53. The van der Waals surface area contributed by atoms with E-state index in [1.165, 1.54) is 70.6 Å². The van der Waals surface area contributed by atoms with Crippen LogP contribution in [0.3, 0.4) is 0 Å². The van der Waals surface area contributed by atoms with E-state index in [0.29, 0.717) is 0 Å². The molecule has 2 N–H and O–H groups in total. The van der Waals surface area contributed by atoms with Gasteiger partial charge in [-0.2, -0.15) is 0 Å². The van der Waals surface area contributed by atoms with E-state index in [9.17, 15) is 0 Å². The number of alkyl halides is 1. The van der Waals surface area contributed by atoms with E-state index in [-0.39, 0.29) is 82.5 Å². The first kappa shape index (κ1) is 89.1. The third-order valence-corrected chi connectivity index (χ3v) is 27.8. The van der Waals surface area contributed by atoms with Crippen molar-refractivity contribution < 1.29 is 88.3 Å². The Bertz CT molecular complexity index is 2590. The van der Waals surface area contributed by atoms with Crippen molar-refractivity contribution in [2.75, 3.05) is 0 Å². The fourth-order valence-electron chi connectivity index (χ4n) is 8.27. The Hall–Kier alpha value is -2.12. The van der Waals surface area contributed by atoms with Gasteiger partial charge in [0.1, 0.15) is 31.8 Å². The van der Waals surface area contributed by atoms with E-state index in [0.717, 1.165) is 0 Å². The normalized spacial score (nSPS) is 10.1. The van der Waals surface area contributed by atoms with Crippen LogP contribution in [0.1, 0.15) is 44.0 Å². The molecule has 0 aliphatic rings. The first-order chi connectivity index (χ1) is 39.2. The third kappa shape index (κ3) is 39.1. The van der Waals surface area contributed by atoms with E-state index in [1.807, 2.05) is 24.5 Å². The number of quaternary nitrogens is 1. The first-order valence-corrected chi connectivity index (χ1v) is 46.9. The third-order valence-electron chi connectivity index (χ3n) is 11.1. The van der Waals surface area contributed by atoms with Crippen LogP contribution >= 0.6 is 64.4 Å². The number of halogens is 4. The molecule has 9 rings (SSSR count). The van der Waals surface area contributed by atoms with E-state index in [2.05, 4.69) is 333 Å². The summed E-state index contributed by atoms with van der Waals surface area (Å²) in [6, 6.07) is 97.3. The van der Waals surface area contributed by atoms with E-state index < -0.39 is 58.6 Å². The number of nitrogens with two attached hydrogens (primary N) is 1. The molecule has 9 aromatic rings. The molecule has 1 nitrogen and oxygen atoms in total. The quantitative estimate of drug-likeness (QED) is 0.0413. The monoisotopic (exact) mass is 1530 g/mol. The topological polar surface area (TPSA) is 16.6 Å². The van der Waals surface area contributed by atoms with Crippen molar-refractivity contribution in [2.45, 2.75) is 86.7 Å². The molecule has 0 aromatic heterocycles. The molecule has 0 radical (unpaired) electrons. The maximum Gasteiger partial charge on any atom is 1.00 e. The van der Waals surface area contributed by atoms with Crippen LogP contribution in [0.4, 0.5) is 0 Å². The van der Waals surface area contributed by atoms with Gasteiger partial charge >= 0.3 is 141 Å².